The molecule has 0 bridgehead atoms. The molecule has 0 aliphatic heterocycles. The van der Waals surface area contributed by atoms with Crippen LogP contribution in [-0.4, -0.2) is 49.9 Å². The molecule has 0 rings (SSSR count). The number of nitrogens with two attached hydrogens (primary N) is 1. The van der Waals surface area contributed by atoms with Gasteiger partial charge < -0.3 is 20.1 Å². The highest BCUT2D eigenvalue weighted by atomic mass is 31.2. The van der Waals surface area contributed by atoms with E-state index in [1.54, 1.807) is 0 Å². The van der Waals surface area contributed by atoms with E-state index in [2.05, 4.69) is 26.0 Å². The molecule has 0 amide bonds. The van der Waals surface area contributed by atoms with Crippen LogP contribution in [0.25, 0.3) is 0 Å². The Bertz CT molecular complexity index is 752. The van der Waals surface area contributed by atoms with Crippen LogP contribution in [0.3, 0.4) is 0 Å². The molecule has 2 unspecified atom stereocenters. The second-order valence-corrected chi connectivity index (χ2v) is 15.0. The molecule has 0 saturated heterocycles. The largest absolute Gasteiger partial charge is 0.472 e. The smallest absolute Gasteiger partial charge is 0.457 e. The molecule has 0 aromatic rings. The van der Waals surface area contributed by atoms with Gasteiger partial charge in [0.2, 0.25) is 0 Å². The molecule has 0 fully saturated rings. The van der Waals surface area contributed by atoms with Crippen molar-refractivity contribution in [1.82, 2.24) is 0 Å². The van der Waals surface area contributed by atoms with E-state index < -0.39 is 13.9 Å². The summed E-state index contributed by atoms with van der Waals surface area (Å²) in [5, 5.41) is 0. The Morgan fingerprint density at radius 3 is 1.58 bits per heavy atom. The fourth-order valence-electron chi connectivity index (χ4n) is 5.68. The number of hydrogen-bond acceptors (Lipinski definition) is 7. The number of unbranched alkanes of at least 4 members (excludes halogenated alkanes) is 24. The van der Waals surface area contributed by atoms with Crippen LogP contribution in [0.2, 0.25) is 0 Å². The number of carbonyl (C=O) groups is 1. The maximum Gasteiger partial charge on any atom is 0.472 e. The van der Waals surface area contributed by atoms with Crippen LogP contribution in [0, 0.1) is 0 Å². The summed E-state index contributed by atoms with van der Waals surface area (Å²) in [6.45, 7) is 4.90. The van der Waals surface area contributed by atoms with Crippen LogP contribution < -0.4 is 5.73 Å². The summed E-state index contributed by atoms with van der Waals surface area (Å²) in [5.41, 5.74) is 5.36. The fourth-order valence-corrected chi connectivity index (χ4v) is 6.45. The maximum absolute atomic E-state index is 12.5. The molecular formula is C39H78NO7P. The average Bonchev–Trinajstić information content (AvgIpc) is 3.07. The van der Waals surface area contributed by atoms with E-state index in [9.17, 15) is 14.3 Å². The lowest BCUT2D eigenvalue weighted by Crippen LogP contribution is -2.28. The van der Waals surface area contributed by atoms with Crippen molar-refractivity contribution in [2.45, 2.75) is 200 Å². The average molecular weight is 704 g/mol. The van der Waals surface area contributed by atoms with E-state index in [0.29, 0.717) is 13.0 Å². The molecule has 0 heterocycles. The van der Waals surface area contributed by atoms with Gasteiger partial charge in [0.25, 0.3) is 0 Å². The van der Waals surface area contributed by atoms with Crippen molar-refractivity contribution >= 4 is 13.8 Å². The number of carbonyl (C=O) groups excluding carboxylic acids is 1. The molecule has 48 heavy (non-hydrogen) atoms. The predicted molar refractivity (Wildman–Crippen MR) is 201 cm³/mol. The predicted octanol–water partition coefficient (Wildman–Crippen LogP) is 11.5. The van der Waals surface area contributed by atoms with E-state index in [1.165, 1.54) is 141 Å². The number of phosphoric ester groups is 1. The molecule has 0 aromatic carbocycles. The zero-order valence-corrected chi connectivity index (χ0v) is 32.4. The summed E-state index contributed by atoms with van der Waals surface area (Å²) in [6.07, 6.45) is 37.9. The minimum atomic E-state index is -4.27. The third kappa shape index (κ3) is 36.5. The van der Waals surface area contributed by atoms with Crippen LogP contribution in [-0.2, 0) is 27.9 Å². The first-order valence-corrected chi connectivity index (χ1v) is 21.7. The Hall–Kier alpha value is -0.760. The van der Waals surface area contributed by atoms with E-state index in [-0.39, 0.29) is 32.3 Å². The third-order valence-electron chi connectivity index (χ3n) is 8.68. The van der Waals surface area contributed by atoms with E-state index in [4.69, 9.17) is 24.3 Å². The highest BCUT2D eigenvalue weighted by molar-refractivity contribution is 7.47. The third-order valence-corrected chi connectivity index (χ3v) is 9.67. The first kappa shape index (κ1) is 47.2. The first-order valence-electron chi connectivity index (χ1n) is 20.2. The van der Waals surface area contributed by atoms with Crippen molar-refractivity contribution in [2.24, 2.45) is 5.73 Å². The van der Waals surface area contributed by atoms with E-state index in [1.807, 2.05) is 0 Å². The quantitative estimate of drug-likeness (QED) is 0.0281. The molecule has 0 radical (unpaired) electrons. The lowest BCUT2D eigenvalue weighted by Gasteiger charge is -2.20. The summed E-state index contributed by atoms with van der Waals surface area (Å²) in [4.78, 5) is 22.4. The topological polar surface area (TPSA) is 117 Å². The zero-order chi connectivity index (χ0) is 35.2. The standard InChI is InChI=1S/C39H78NO7P/c1-3-5-7-9-11-13-15-17-18-19-20-21-22-24-26-28-30-32-39(41)47-38(37-46-48(42,43)45-35-33-40)36-44-34-31-29-27-25-23-16-14-12-10-8-6-4-2/h10,12,38H,3-9,11,13-37,40H2,1-2H3,(H,42,43)/b12-10-. The molecule has 0 saturated carbocycles. The number of rotatable bonds is 39. The Kier molecular flexibility index (Phi) is 36.9. The van der Waals surface area contributed by atoms with Crippen LogP contribution in [0.5, 0.6) is 0 Å². The van der Waals surface area contributed by atoms with Crippen molar-refractivity contribution in [3.8, 4) is 0 Å². The molecule has 0 aliphatic carbocycles. The van der Waals surface area contributed by atoms with Gasteiger partial charge in [-0.3, -0.25) is 13.8 Å². The van der Waals surface area contributed by atoms with Gasteiger partial charge in [-0.25, -0.2) is 4.57 Å². The molecular weight excluding hydrogens is 625 g/mol. The maximum atomic E-state index is 12.5. The fraction of sp³-hybridized carbons (Fsp3) is 0.923. The van der Waals surface area contributed by atoms with Crippen molar-refractivity contribution in [1.29, 1.82) is 0 Å². The molecule has 286 valence electrons. The van der Waals surface area contributed by atoms with Crippen LogP contribution in [0.1, 0.15) is 194 Å². The Morgan fingerprint density at radius 1 is 0.604 bits per heavy atom. The summed E-state index contributed by atoms with van der Waals surface area (Å²) >= 11 is 0. The number of phosphoric acid groups is 1. The van der Waals surface area contributed by atoms with Crippen LogP contribution in [0.4, 0.5) is 0 Å². The lowest BCUT2D eigenvalue weighted by atomic mass is 10.0. The van der Waals surface area contributed by atoms with E-state index in [0.717, 1.165) is 32.1 Å². The number of esters is 1. The summed E-state index contributed by atoms with van der Waals surface area (Å²) in [6, 6.07) is 0. The summed E-state index contributed by atoms with van der Waals surface area (Å²) in [5.74, 6) is -0.330. The minimum Gasteiger partial charge on any atom is -0.457 e. The highest BCUT2D eigenvalue weighted by Crippen LogP contribution is 2.43. The first-order chi connectivity index (χ1) is 23.4. The van der Waals surface area contributed by atoms with Crippen molar-refractivity contribution in [3.05, 3.63) is 12.2 Å². The zero-order valence-electron chi connectivity index (χ0n) is 31.5. The van der Waals surface area contributed by atoms with Crippen LogP contribution in [0.15, 0.2) is 12.2 Å². The van der Waals surface area contributed by atoms with Gasteiger partial charge in [0.1, 0.15) is 6.10 Å². The van der Waals surface area contributed by atoms with Crippen molar-refractivity contribution in [2.75, 3.05) is 33.0 Å². The van der Waals surface area contributed by atoms with Gasteiger partial charge in [-0.15, -0.1) is 0 Å². The van der Waals surface area contributed by atoms with Crippen LogP contribution >= 0.6 is 7.82 Å². The Labute approximate surface area is 296 Å². The Morgan fingerprint density at radius 2 is 1.06 bits per heavy atom. The van der Waals surface area contributed by atoms with Gasteiger partial charge in [-0.1, -0.05) is 167 Å². The highest BCUT2D eigenvalue weighted by Gasteiger charge is 2.25. The molecule has 3 N–H and O–H groups in total. The van der Waals surface area contributed by atoms with Crippen molar-refractivity contribution < 1.29 is 32.8 Å². The number of hydrogen-bond donors (Lipinski definition) is 2. The molecule has 0 aliphatic rings. The Balaban J connectivity index is 4.01. The van der Waals surface area contributed by atoms with Gasteiger partial charge >= 0.3 is 13.8 Å². The molecule has 0 spiro atoms. The van der Waals surface area contributed by atoms with Gasteiger partial charge in [0, 0.05) is 19.6 Å². The van der Waals surface area contributed by atoms with Gasteiger partial charge in [-0.05, 0) is 32.1 Å². The van der Waals surface area contributed by atoms with Crippen molar-refractivity contribution in [3.63, 3.8) is 0 Å². The monoisotopic (exact) mass is 704 g/mol. The second kappa shape index (κ2) is 37.5. The normalized spacial score (nSPS) is 13.7. The lowest BCUT2D eigenvalue weighted by molar-refractivity contribution is -0.154. The number of allylic oxidation sites excluding steroid dienone is 2. The molecule has 0 aromatic heterocycles. The van der Waals surface area contributed by atoms with E-state index >= 15 is 0 Å². The van der Waals surface area contributed by atoms with Gasteiger partial charge in [-0.2, -0.15) is 0 Å². The van der Waals surface area contributed by atoms with Gasteiger partial charge in [0.05, 0.1) is 19.8 Å². The van der Waals surface area contributed by atoms with Gasteiger partial charge in [0.15, 0.2) is 0 Å². The molecule has 9 heteroatoms. The summed E-state index contributed by atoms with van der Waals surface area (Å²) in [7, 11) is -4.27. The SMILES string of the molecule is CCCC/C=C\CCCCCCCCOCC(COP(=O)(O)OCCN)OC(=O)CCCCCCCCCCCCCCCCCCC. The second-order valence-electron chi connectivity index (χ2n) is 13.5. The minimum absolute atomic E-state index is 0.0936. The summed E-state index contributed by atoms with van der Waals surface area (Å²) < 4.78 is 33.3. The number of ether oxygens (including phenoxy) is 2. The molecule has 2 atom stereocenters. The molecule has 8 nitrogen and oxygen atoms in total.